The molecular weight excluding hydrogens is 370 g/mol. The summed E-state index contributed by atoms with van der Waals surface area (Å²) in [5, 5.41) is 23.1. The number of likely N-dealkylation sites (tertiary alicyclic amines) is 1. The summed E-state index contributed by atoms with van der Waals surface area (Å²) >= 11 is 0. The molecule has 1 aromatic carbocycles. The number of rotatable bonds is 4. The molecule has 1 aliphatic rings. The second-order valence-electron chi connectivity index (χ2n) is 7.76. The lowest BCUT2D eigenvalue weighted by Crippen LogP contribution is -2.62. The summed E-state index contributed by atoms with van der Waals surface area (Å²) in [6, 6.07) is 4.97. The number of aromatic nitrogens is 3. The molecule has 0 saturated carbocycles. The van der Waals surface area contributed by atoms with Gasteiger partial charge >= 0.3 is 0 Å². The Morgan fingerprint density at radius 3 is 2.76 bits per heavy atom. The molecule has 1 unspecified atom stereocenters. The molecular formula is C20H23N7O2. The van der Waals surface area contributed by atoms with Crippen LogP contribution in [-0.2, 0) is 4.79 Å². The maximum atomic E-state index is 12.7. The van der Waals surface area contributed by atoms with E-state index in [2.05, 4.69) is 10.1 Å². The Morgan fingerprint density at radius 2 is 2.10 bits per heavy atom. The third-order valence-corrected chi connectivity index (χ3v) is 5.23. The van der Waals surface area contributed by atoms with Crippen molar-refractivity contribution in [1.29, 1.82) is 5.41 Å². The van der Waals surface area contributed by atoms with Gasteiger partial charge in [-0.1, -0.05) is 6.07 Å². The molecule has 1 saturated heterocycles. The minimum Gasteiger partial charge on any atom is -0.398 e. The molecule has 1 fully saturated rings. The average molecular weight is 393 g/mol. The number of nitrogens with two attached hydrogens (primary N) is 2. The second-order valence-corrected chi connectivity index (χ2v) is 7.76. The van der Waals surface area contributed by atoms with Gasteiger partial charge in [-0.15, -0.1) is 0 Å². The van der Waals surface area contributed by atoms with Crippen LogP contribution in [0.3, 0.4) is 0 Å². The molecule has 150 valence electrons. The van der Waals surface area contributed by atoms with Crippen LogP contribution in [0.15, 0.2) is 30.5 Å². The number of nitrogens with one attached hydrogen (secondary N) is 1. The van der Waals surface area contributed by atoms with Crippen LogP contribution in [0.2, 0.25) is 0 Å². The maximum Gasteiger partial charge on any atom is 0.247 e. The summed E-state index contributed by atoms with van der Waals surface area (Å²) in [5.74, 6) is 0.212. The van der Waals surface area contributed by atoms with Crippen molar-refractivity contribution in [3.05, 3.63) is 36.0 Å². The first-order chi connectivity index (χ1) is 13.7. The molecule has 0 bridgehead atoms. The molecule has 1 aliphatic heterocycles. The van der Waals surface area contributed by atoms with Crippen molar-refractivity contribution in [2.45, 2.75) is 25.5 Å². The van der Waals surface area contributed by atoms with Crippen LogP contribution in [0.5, 0.6) is 0 Å². The molecule has 9 heteroatoms. The highest BCUT2D eigenvalue weighted by atomic mass is 16.3. The number of amides is 1. The van der Waals surface area contributed by atoms with Crippen molar-refractivity contribution in [2.75, 3.05) is 18.8 Å². The van der Waals surface area contributed by atoms with Crippen LogP contribution >= 0.6 is 0 Å². The van der Waals surface area contributed by atoms with Crippen LogP contribution in [0.25, 0.3) is 27.5 Å². The molecule has 29 heavy (non-hydrogen) atoms. The highest BCUT2D eigenvalue weighted by Crippen LogP contribution is 2.30. The van der Waals surface area contributed by atoms with Crippen LogP contribution in [0, 0.1) is 5.41 Å². The Bertz CT molecular complexity index is 1170. The number of nitrogens with zero attached hydrogens (tertiary/aromatic N) is 4. The number of carbonyl (C=O) groups is 1. The zero-order valence-corrected chi connectivity index (χ0v) is 16.3. The molecule has 1 amide bonds. The monoisotopic (exact) mass is 393 g/mol. The number of allylic oxidation sites excluding steroid dienone is 1. The third kappa shape index (κ3) is 3.19. The van der Waals surface area contributed by atoms with Crippen LogP contribution in [0.1, 0.15) is 25.5 Å². The summed E-state index contributed by atoms with van der Waals surface area (Å²) in [5.41, 5.74) is 13.8. The van der Waals surface area contributed by atoms with E-state index in [1.807, 2.05) is 12.1 Å². The minimum atomic E-state index is -0.819. The van der Waals surface area contributed by atoms with Crippen molar-refractivity contribution >= 4 is 45.4 Å². The summed E-state index contributed by atoms with van der Waals surface area (Å²) in [7, 11) is 0. The topological polar surface area (TPSA) is 147 Å². The zero-order valence-electron chi connectivity index (χ0n) is 16.3. The molecule has 6 N–H and O–H groups in total. The third-order valence-electron chi connectivity index (χ3n) is 5.23. The first-order valence-corrected chi connectivity index (χ1v) is 9.26. The van der Waals surface area contributed by atoms with Gasteiger partial charge in [-0.25, -0.2) is 4.98 Å². The molecule has 0 aliphatic carbocycles. The van der Waals surface area contributed by atoms with Crippen molar-refractivity contribution in [1.82, 2.24) is 19.7 Å². The molecule has 2 aromatic heterocycles. The van der Waals surface area contributed by atoms with E-state index >= 15 is 0 Å². The predicted octanol–water partition coefficient (Wildman–Crippen LogP) is 1.27. The lowest BCUT2D eigenvalue weighted by molar-refractivity contribution is -0.155. The van der Waals surface area contributed by atoms with Gasteiger partial charge in [-0.3, -0.25) is 9.48 Å². The van der Waals surface area contributed by atoms with Crippen molar-refractivity contribution < 1.29 is 9.90 Å². The highest BCUT2D eigenvalue weighted by molar-refractivity contribution is 6.08. The number of fused-ring (bicyclic) bond motifs is 3. The van der Waals surface area contributed by atoms with Gasteiger partial charge in [0.15, 0.2) is 0 Å². The summed E-state index contributed by atoms with van der Waals surface area (Å²) in [6.07, 6.45) is 4.36. The summed E-state index contributed by atoms with van der Waals surface area (Å²) in [4.78, 5) is 18.8. The number of pyridine rings is 1. The summed E-state index contributed by atoms with van der Waals surface area (Å²) < 4.78 is 1.59. The van der Waals surface area contributed by atoms with E-state index in [1.54, 1.807) is 35.7 Å². The van der Waals surface area contributed by atoms with Gasteiger partial charge in [-0.05, 0) is 37.6 Å². The van der Waals surface area contributed by atoms with Gasteiger partial charge in [0.1, 0.15) is 17.4 Å². The number of nitrogen functional groups attached to an aromatic ring is 1. The van der Waals surface area contributed by atoms with E-state index < -0.39 is 11.6 Å². The fourth-order valence-electron chi connectivity index (χ4n) is 3.67. The molecule has 0 radical (unpaired) electrons. The Morgan fingerprint density at radius 1 is 1.38 bits per heavy atom. The molecule has 0 spiro atoms. The minimum absolute atomic E-state index is 0.105. The molecule has 4 rings (SSSR count). The molecule has 3 heterocycles. The van der Waals surface area contributed by atoms with Gasteiger partial charge in [0.2, 0.25) is 5.91 Å². The fourth-order valence-corrected chi connectivity index (χ4v) is 3.67. The summed E-state index contributed by atoms with van der Waals surface area (Å²) in [6.45, 7) is 4.11. The highest BCUT2D eigenvalue weighted by Gasteiger charge is 2.41. The van der Waals surface area contributed by atoms with E-state index in [-0.39, 0.29) is 5.91 Å². The van der Waals surface area contributed by atoms with Crippen LogP contribution in [-0.4, -0.2) is 55.6 Å². The van der Waals surface area contributed by atoms with Crippen molar-refractivity contribution in [3.8, 4) is 0 Å². The van der Waals surface area contributed by atoms with Gasteiger partial charge < -0.3 is 26.9 Å². The van der Waals surface area contributed by atoms with E-state index in [0.717, 1.165) is 17.2 Å². The number of hydrogen-bond donors (Lipinski definition) is 4. The van der Waals surface area contributed by atoms with E-state index in [1.165, 1.54) is 6.08 Å². The quantitative estimate of drug-likeness (QED) is 0.491. The first kappa shape index (κ1) is 18.9. The lowest BCUT2D eigenvalue weighted by Gasteiger charge is -2.45. The van der Waals surface area contributed by atoms with Gasteiger partial charge in [0, 0.05) is 23.5 Å². The lowest BCUT2D eigenvalue weighted by atomic mass is 9.96. The van der Waals surface area contributed by atoms with Crippen molar-refractivity contribution in [3.63, 3.8) is 0 Å². The number of aliphatic hydroxyl groups is 1. The van der Waals surface area contributed by atoms with E-state index in [9.17, 15) is 9.90 Å². The molecule has 3 aromatic rings. The predicted molar refractivity (Wildman–Crippen MR) is 112 cm³/mol. The Balaban J connectivity index is 1.74. The molecule has 9 nitrogen and oxygen atoms in total. The van der Waals surface area contributed by atoms with Gasteiger partial charge in [0.25, 0.3) is 0 Å². The van der Waals surface area contributed by atoms with E-state index in [0.29, 0.717) is 41.0 Å². The smallest absolute Gasteiger partial charge is 0.247 e. The normalized spacial score (nSPS) is 17.3. The SMILES string of the molecule is CC(C(=O)N1CC(C)(O)C1)n1cc2c(N)nc3cc(/C(N)=C/C=N)ccc3c2n1. The second kappa shape index (κ2) is 6.56. The fraction of sp³-hybridized carbons (Fsp3) is 0.300. The number of carbonyl (C=O) groups excluding carboxylic acids is 1. The van der Waals surface area contributed by atoms with Crippen LogP contribution < -0.4 is 11.5 Å². The number of anilines is 1. The van der Waals surface area contributed by atoms with Crippen LogP contribution in [0.4, 0.5) is 5.82 Å². The van der Waals surface area contributed by atoms with Gasteiger partial charge in [-0.2, -0.15) is 5.10 Å². The van der Waals surface area contributed by atoms with Gasteiger partial charge in [0.05, 0.1) is 29.6 Å². The molecule has 1 atom stereocenters. The zero-order chi connectivity index (χ0) is 20.9. The number of β-amino-alcohol motifs (C(OH)–C–C–N with tert-alkyl or cyclic N) is 1. The van der Waals surface area contributed by atoms with E-state index in [4.69, 9.17) is 16.9 Å². The Kier molecular flexibility index (Phi) is 4.27. The average Bonchev–Trinajstić information content (AvgIpc) is 3.11. The Hall–Kier alpha value is -3.46. The first-order valence-electron chi connectivity index (χ1n) is 9.26. The van der Waals surface area contributed by atoms with Crippen molar-refractivity contribution in [2.24, 2.45) is 5.73 Å². The number of hydrogen-bond acceptors (Lipinski definition) is 7. The standard InChI is InChI=1S/C20H23N7O2/c1-11(19(28)26-9-20(2,29)10-26)27-8-14-17(25-27)13-4-3-12(15(22)5-6-21)7-16(13)24-18(14)23/h3-8,11,21,29H,9-10,22H2,1-2H3,(H2,23,24)/b15-5-,21-6?. The number of benzene rings is 1. The Labute approximate surface area is 167 Å². The largest absolute Gasteiger partial charge is 0.398 e. The maximum absolute atomic E-state index is 12.7.